The molecule has 0 atom stereocenters. The Bertz CT molecular complexity index is 3820. The Morgan fingerprint density at radius 3 is 0.885 bits per heavy atom. The lowest BCUT2D eigenvalue weighted by Crippen LogP contribution is -2.12. The van der Waals surface area contributed by atoms with Crippen molar-refractivity contribution in [3.05, 3.63) is 299 Å². The summed E-state index contributed by atoms with van der Waals surface area (Å²) in [6, 6.07) is 51.6. The number of hydrogen-bond acceptors (Lipinski definition) is 20. The molecule has 10 rings (SSSR count). The van der Waals surface area contributed by atoms with Crippen LogP contribution in [0.25, 0.3) is 0 Å². The monoisotopic (exact) mass is 1170 g/mol. The van der Waals surface area contributed by atoms with Crippen LogP contribution in [0.4, 0.5) is 0 Å². The molecule has 0 aliphatic heterocycles. The summed E-state index contributed by atoms with van der Waals surface area (Å²) in [5.41, 5.74) is 3.65. The van der Waals surface area contributed by atoms with Crippen molar-refractivity contribution in [2.45, 2.75) is 19.8 Å². The van der Waals surface area contributed by atoms with Crippen molar-refractivity contribution < 1.29 is 82.4 Å². The Labute approximate surface area is 495 Å². The van der Waals surface area contributed by atoms with E-state index in [0.717, 1.165) is 22.8 Å². The zero-order valence-corrected chi connectivity index (χ0v) is 45.6. The van der Waals surface area contributed by atoms with Crippen molar-refractivity contribution in [3.8, 4) is 34.5 Å². The van der Waals surface area contributed by atoms with E-state index in [9.17, 15) is 48.9 Å². The van der Waals surface area contributed by atoms with Gasteiger partial charge in [0, 0.05) is 67.8 Å². The number of carboxylic acids is 1. The molecule has 21 heteroatoms. The lowest BCUT2D eigenvalue weighted by molar-refractivity contribution is 0.0463. The Balaban J connectivity index is 0.000000180. The maximum absolute atomic E-state index is 12.7. The average molecular weight is 1170 g/mol. The molecule has 0 bridgehead atoms. The maximum atomic E-state index is 12.7. The van der Waals surface area contributed by atoms with Gasteiger partial charge in [-0.3, -0.25) is 19.9 Å². The summed E-state index contributed by atoms with van der Waals surface area (Å²) in [5, 5.41) is 36.7. The maximum Gasteiger partial charge on any atom is 0.345 e. The second-order valence-corrected chi connectivity index (χ2v) is 17.8. The number of aromatic carboxylic acids is 1. The third kappa shape index (κ3) is 20.8. The predicted molar refractivity (Wildman–Crippen MR) is 310 cm³/mol. The summed E-state index contributed by atoms with van der Waals surface area (Å²) >= 11 is 0. The molecule has 0 aliphatic rings. The first-order valence-electron chi connectivity index (χ1n) is 25.8. The molecule has 0 saturated carbocycles. The van der Waals surface area contributed by atoms with Gasteiger partial charge in [-0.25, -0.2) is 33.6 Å². The molecule has 4 heterocycles. The van der Waals surface area contributed by atoms with E-state index in [1.807, 2.05) is 91.0 Å². The number of carbonyl (C=O) groups excluding carboxylic acids is 6. The van der Waals surface area contributed by atoms with Crippen molar-refractivity contribution in [2.75, 3.05) is 0 Å². The van der Waals surface area contributed by atoms with Gasteiger partial charge in [0.15, 0.2) is 0 Å². The highest BCUT2D eigenvalue weighted by Crippen LogP contribution is 2.27. The van der Waals surface area contributed by atoms with Crippen molar-refractivity contribution >= 4 is 41.8 Å². The number of phenols is 3. The topological polar surface area (TPSA) is 307 Å². The normalized spacial score (nSPS) is 10.0. The molecule has 4 N–H and O–H groups in total. The second kappa shape index (κ2) is 32.3. The number of phenolic OH excluding ortho intramolecular Hbond substituents is 3. The van der Waals surface area contributed by atoms with Crippen molar-refractivity contribution in [1.82, 2.24) is 19.9 Å². The lowest BCUT2D eigenvalue weighted by atomic mass is 10.2. The third-order valence-electron chi connectivity index (χ3n) is 11.3. The summed E-state index contributed by atoms with van der Waals surface area (Å²) in [6.07, 6.45) is 11.5. The summed E-state index contributed by atoms with van der Waals surface area (Å²) in [5.74, 6) is -5.42. The summed E-state index contributed by atoms with van der Waals surface area (Å²) in [6.45, 7) is 0.292. The Morgan fingerprint density at radius 2 is 0.586 bits per heavy atom. The lowest BCUT2D eigenvalue weighted by Gasteiger charge is -2.11. The van der Waals surface area contributed by atoms with Gasteiger partial charge in [0.2, 0.25) is 0 Å². The van der Waals surface area contributed by atoms with E-state index in [4.69, 9.17) is 33.5 Å². The van der Waals surface area contributed by atoms with Gasteiger partial charge in [0.05, 0.1) is 38.9 Å². The standard InChI is InChI=1S/C26H18N2O6.C20H15NO5.C14H12O4.C6H5NO2/c29-24(32-17-18-6-2-1-3-7-18)21-12-22(33-25(30)19-8-4-10-27-15-19)14-23(13-21)34-26(31)20-9-5-11-28-16-20;22-17-9-16(19(23)25-13-14-5-2-1-3-6-14)10-18(11-17)26-20(24)15-7-4-8-21-12-15;15-12-6-11(7-13(16)8-12)14(17)18-9-10-4-2-1-3-5-10;8-6(9)5-2-1-3-7-4-5/h1-16H,17H2;1-12,22H,13H2;1-8,15-16H,9H2;1-4H,(H,8,9). The number of aromatic nitrogens is 4. The molecule has 0 amide bonds. The third-order valence-corrected chi connectivity index (χ3v) is 11.3. The van der Waals surface area contributed by atoms with Gasteiger partial charge < -0.3 is 48.8 Å². The molecule has 4 aromatic heterocycles. The van der Waals surface area contributed by atoms with E-state index in [-0.39, 0.29) is 93.3 Å². The average Bonchev–Trinajstić information content (AvgIpc) is 3.52. The molecule has 0 unspecified atom stereocenters. The summed E-state index contributed by atoms with van der Waals surface area (Å²) in [7, 11) is 0. The van der Waals surface area contributed by atoms with E-state index in [0.29, 0.717) is 0 Å². The van der Waals surface area contributed by atoms with Crippen molar-refractivity contribution in [2.24, 2.45) is 0 Å². The molecule has 10 aromatic rings. The van der Waals surface area contributed by atoms with Crippen LogP contribution < -0.4 is 14.2 Å². The molecule has 436 valence electrons. The zero-order chi connectivity index (χ0) is 61.8. The fourth-order valence-corrected chi connectivity index (χ4v) is 7.14. The number of carboxylic acid groups (broad SMARTS) is 1. The molecular formula is C66H50N4O17. The fourth-order valence-electron chi connectivity index (χ4n) is 7.14. The highest BCUT2D eigenvalue weighted by atomic mass is 16.6. The molecule has 0 spiro atoms. The molecule has 6 aromatic carbocycles. The van der Waals surface area contributed by atoms with E-state index in [2.05, 4.69) is 19.9 Å². The van der Waals surface area contributed by atoms with E-state index in [1.165, 1.54) is 116 Å². The van der Waals surface area contributed by atoms with Crippen LogP contribution in [-0.2, 0) is 34.0 Å². The number of ether oxygens (including phenoxy) is 6. The van der Waals surface area contributed by atoms with E-state index < -0.39 is 41.8 Å². The highest BCUT2D eigenvalue weighted by Gasteiger charge is 2.19. The number of aromatic hydroxyl groups is 3. The van der Waals surface area contributed by atoms with Crippen molar-refractivity contribution in [3.63, 3.8) is 0 Å². The molecule has 21 nitrogen and oxygen atoms in total. The van der Waals surface area contributed by atoms with E-state index in [1.54, 1.807) is 30.3 Å². The van der Waals surface area contributed by atoms with Gasteiger partial charge in [-0.2, -0.15) is 0 Å². The molecule has 87 heavy (non-hydrogen) atoms. The first-order valence-corrected chi connectivity index (χ1v) is 25.8. The van der Waals surface area contributed by atoms with Crippen LogP contribution in [0.2, 0.25) is 0 Å². The number of hydrogen-bond donors (Lipinski definition) is 4. The largest absolute Gasteiger partial charge is 0.508 e. The number of esters is 6. The molecule has 0 aliphatic carbocycles. The number of nitrogens with zero attached hydrogens (tertiary/aromatic N) is 4. The van der Waals surface area contributed by atoms with Gasteiger partial charge in [-0.1, -0.05) is 91.0 Å². The first-order chi connectivity index (χ1) is 42.1. The van der Waals surface area contributed by atoms with Crippen LogP contribution >= 0.6 is 0 Å². The van der Waals surface area contributed by atoms with Crippen molar-refractivity contribution in [1.29, 1.82) is 0 Å². The Kier molecular flexibility index (Phi) is 23.1. The number of rotatable bonds is 16. The predicted octanol–water partition coefficient (Wildman–Crippen LogP) is 10.9. The number of benzene rings is 6. The fraction of sp³-hybridized carbons (Fsp3) is 0.0455. The van der Waals surface area contributed by atoms with Crippen LogP contribution in [-0.4, -0.2) is 82.1 Å². The van der Waals surface area contributed by atoms with Gasteiger partial charge in [-0.05, 0) is 102 Å². The van der Waals surface area contributed by atoms with Crippen LogP contribution in [0.3, 0.4) is 0 Å². The molecule has 0 radical (unpaired) electrons. The molecule has 0 saturated heterocycles. The van der Waals surface area contributed by atoms with Gasteiger partial charge in [-0.15, -0.1) is 0 Å². The Morgan fingerprint density at radius 1 is 0.299 bits per heavy atom. The minimum Gasteiger partial charge on any atom is -0.508 e. The zero-order valence-electron chi connectivity index (χ0n) is 45.6. The van der Waals surface area contributed by atoms with Gasteiger partial charge in [0.1, 0.15) is 54.3 Å². The smallest absolute Gasteiger partial charge is 0.345 e. The first kappa shape index (κ1) is 62.2. The van der Waals surface area contributed by atoms with Crippen LogP contribution in [0, 0.1) is 0 Å². The summed E-state index contributed by atoms with van der Waals surface area (Å²) < 4.78 is 31.6. The minimum atomic E-state index is -0.942. The highest BCUT2D eigenvalue weighted by molar-refractivity contribution is 5.95. The van der Waals surface area contributed by atoms with Crippen LogP contribution in [0.15, 0.2) is 244 Å². The number of pyridine rings is 4. The minimum absolute atomic E-state index is 0.00278. The van der Waals surface area contributed by atoms with Crippen LogP contribution in [0.1, 0.15) is 89.2 Å². The molecular weight excluding hydrogens is 1120 g/mol. The Hall–Kier alpha value is -12.4. The number of carbonyl (C=O) groups is 7. The van der Waals surface area contributed by atoms with E-state index >= 15 is 0 Å². The van der Waals surface area contributed by atoms with Gasteiger partial charge >= 0.3 is 41.8 Å². The molecule has 0 fully saturated rings. The quantitative estimate of drug-likeness (QED) is 0.0397. The second-order valence-electron chi connectivity index (χ2n) is 17.8. The SMILES string of the molecule is O=C(O)c1cccnc1.O=C(OCc1ccccc1)c1cc(O)cc(O)c1.O=C(OCc1ccccc1)c1cc(O)cc(OC(=O)c2cccnc2)c1.O=C(OCc1ccccc1)c1cc(OC(=O)c2cccnc2)cc(OC(=O)c2cccnc2)c1. The van der Waals surface area contributed by atoms with Gasteiger partial charge in [0.25, 0.3) is 0 Å². The van der Waals surface area contributed by atoms with Crippen LogP contribution in [0.5, 0.6) is 34.5 Å². The summed E-state index contributed by atoms with van der Waals surface area (Å²) in [4.78, 5) is 99.0.